The molecule has 4 nitrogen and oxygen atoms in total. The van der Waals surface area contributed by atoms with Gasteiger partial charge < -0.3 is 10.6 Å². The molecule has 23 heavy (non-hydrogen) atoms. The average Bonchev–Trinajstić information content (AvgIpc) is 2.52. The van der Waals surface area contributed by atoms with Crippen LogP contribution in [0, 0.1) is 7.14 Å². The summed E-state index contributed by atoms with van der Waals surface area (Å²) in [5.74, 6) is 0.261. The van der Waals surface area contributed by atoms with E-state index < -0.39 is 0 Å². The summed E-state index contributed by atoms with van der Waals surface area (Å²) in [6.07, 6.45) is 0. The van der Waals surface area contributed by atoms with Gasteiger partial charge in [-0.2, -0.15) is 0 Å². The van der Waals surface area contributed by atoms with Gasteiger partial charge in [0.1, 0.15) is 0 Å². The summed E-state index contributed by atoms with van der Waals surface area (Å²) >= 11 is 5.63. The molecule has 0 bridgehead atoms. The Hall–Kier alpha value is -0.810. The van der Waals surface area contributed by atoms with Gasteiger partial charge in [0, 0.05) is 7.14 Å². The van der Waals surface area contributed by atoms with Crippen molar-refractivity contribution in [3.8, 4) is 0 Å². The highest BCUT2D eigenvalue weighted by Crippen LogP contribution is 2.18. The van der Waals surface area contributed by atoms with E-state index in [4.69, 9.17) is 0 Å². The van der Waals surface area contributed by atoms with Crippen molar-refractivity contribution < 1.29 is 9.59 Å². The summed E-state index contributed by atoms with van der Waals surface area (Å²) in [7, 11) is 0. The van der Waals surface area contributed by atoms with Crippen LogP contribution in [0.2, 0.25) is 0 Å². The van der Waals surface area contributed by atoms with Crippen molar-refractivity contribution in [2.75, 3.05) is 22.1 Å². The normalized spacial score (nSPS) is 10.2. The van der Waals surface area contributed by atoms with Crippen LogP contribution in [-0.2, 0) is 9.59 Å². The van der Waals surface area contributed by atoms with Gasteiger partial charge in [-0.25, -0.2) is 0 Å². The monoisotopic (exact) mass is 552 g/mol. The highest BCUT2D eigenvalue weighted by molar-refractivity contribution is 14.1. The van der Waals surface area contributed by atoms with E-state index in [-0.39, 0.29) is 23.3 Å². The summed E-state index contributed by atoms with van der Waals surface area (Å²) in [5, 5.41) is 5.69. The molecule has 0 aliphatic heterocycles. The molecule has 0 saturated carbocycles. The number of hydrogen-bond acceptors (Lipinski definition) is 3. The van der Waals surface area contributed by atoms with Gasteiger partial charge in [-0.05, 0) is 69.4 Å². The van der Waals surface area contributed by atoms with Crippen LogP contribution in [0.15, 0.2) is 48.5 Å². The quantitative estimate of drug-likeness (QED) is 0.529. The van der Waals surface area contributed by atoms with Gasteiger partial charge in [0.15, 0.2) is 0 Å². The van der Waals surface area contributed by atoms with Gasteiger partial charge >= 0.3 is 0 Å². The van der Waals surface area contributed by atoms with E-state index in [0.717, 1.165) is 18.5 Å². The van der Waals surface area contributed by atoms with E-state index >= 15 is 0 Å². The van der Waals surface area contributed by atoms with Crippen LogP contribution in [0.3, 0.4) is 0 Å². The molecular weight excluding hydrogens is 538 g/mol. The zero-order valence-corrected chi connectivity index (χ0v) is 17.1. The van der Waals surface area contributed by atoms with Crippen molar-refractivity contribution in [3.05, 3.63) is 55.7 Å². The number of halogens is 2. The Bertz CT molecular complexity index is 650. The molecule has 0 fully saturated rings. The second kappa shape index (κ2) is 9.48. The third-order valence-electron chi connectivity index (χ3n) is 2.76. The largest absolute Gasteiger partial charge is 0.324 e. The second-order valence-corrected chi connectivity index (χ2v) is 7.86. The van der Waals surface area contributed by atoms with Crippen LogP contribution in [0.1, 0.15) is 0 Å². The van der Waals surface area contributed by atoms with Gasteiger partial charge in [-0.1, -0.05) is 24.3 Å². The fraction of sp³-hybridized carbons (Fsp3) is 0.125. The van der Waals surface area contributed by atoms with Crippen molar-refractivity contribution >= 4 is 80.1 Å². The highest BCUT2D eigenvalue weighted by atomic mass is 127. The Labute approximate surface area is 166 Å². The lowest BCUT2D eigenvalue weighted by molar-refractivity contribution is -0.114. The average molecular weight is 552 g/mol. The summed E-state index contributed by atoms with van der Waals surface area (Å²) in [6.45, 7) is 0. The molecule has 0 radical (unpaired) electrons. The second-order valence-electron chi connectivity index (χ2n) is 4.55. The topological polar surface area (TPSA) is 58.2 Å². The van der Waals surface area contributed by atoms with E-state index in [0.29, 0.717) is 0 Å². The molecule has 2 N–H and O–H groups in total. The maximum atomic E-state index is 11.9. The molecule has 0 aromatic heterocycles. The van der Waals surface area contributed by atoms with Gasteiger partial charge in [-0.15, -0.1) is 11.8 Å². The Morgan fingerprint density at radius 1 is 0.783 bits per heavy atom. The fourth-order valence-corrected chi connectivity index (χ4v) is 3.40. The molecule has 0 heterocycles. The van der Waals surface area contributed by atoms with Crippen LogP contribution >= 0.6 is 56.9 Å². The minimum atomic E-state index is -0.110. The molecule has 0 aliphatic carbocycles. The molecule has 2 rings (SSSR count). The summed E-state index contributed by atoms with van der Waals surface area (Å²) in [5.41, 5.74) is 1.59. The number of thioether (sulfide) groups is 1. The fourth-order valence-electron chi connectivity index (χ4n) is 1.73. The van der Waals surface area contributed by atoms with Crippen LogP contribution in [0.5, 0.6) is 0 Å². The van der Waals surface area contributed by atoms with E-state index in [9.17, 15) is 9.59 Å². The lowest BCUT2D eigenvalue weighted by Crippen LogP contribution is -2.19. The lowest BCUT2D eigenvalue weighted by Gasteiger charge is -2.08. The molecule has 0 unspecified atom stereocenters. The van der Waals surface area contributed by atoms with Crippen LogP contribution < -0.4 is 10.6 Å². The molecule has 2 amide bonds. The Morgan fingerprint density at radius 2 is 1.17 bits per heavy atom. The molecule has 2 aromatic carbocycles. The van der Waals surface area contributed by atoms with Crippen LogP contribution in [0.4, 0.5) is 11.4 Å². The van der Waals surface area contributed by atoms with Crippen molar-refractivity contribution in [2.45, 2.75) is 0 Å². The molecule has 120 valence electrons. The number of amides is 2. The standard InChI is InChI=1S/C16H14I2N2O2S/c17-11-5-1-3-7-13(11)19-15(21)9-23-10-16(22)20-14-8-4-2-6-12(14)18/h1-8H,9-10H2,(H,19,21)(H,20,22). The predicted molar refractivity (Wildman–Crippen MR) is 113 cm³/mol. The van der Waals surface area contributed by atoms with Gasteiger partial charge in [0.25, 0.3) is 0 Å². The maximum Gasteiger partial charge on any atom is 0.234 e. The van der Waals surface area contributed by atoms with Gasteiger partial charge in [-0.3, -0.25) is 9.59 Å². The van der Waals surface area contributed by atoms with E-state index in [1.165, 1.54) is 11.8 Å². The summed E-state index contributed by atoms with van der Waals surface area (Å²) < 4.78 is 1.97. The van der Waals surface area contributed by atoms with Crippen molar-refractivity contribution in [2.24, 2.45) is 0 Å². The number of carbonyl (C=O) groups excluding carboxylic acids is 2. The molecule has 7 heteroatoms. The predicted octanol–water partition coefficient (Wildman–Crippen LogP) is 4.21. The summed E-state index contributed by atoms with van der Waals surface area (Å²) in [4.78, 5) is 23.8. The maximum absolute atomic E-state index is 11.9. The highest BCUT2D eigenvalue weighted by Gasteiger charge is 2.08. The van der Waals surface area contributed by atoms with Crippen LogP contribution in [-0.4, -0.2) is 23.3 Å². The minimum absolute atomic E-state index is 0.110. The Morgan fingerprint density at radius 3 is 1.57 bits per heavy atom. The zero-order chi connectivity index (χ0) is 16.7. The third-order valence-corrected chi connectivity index (χ3v) is 5.58. The smallest absolute Gasteiger partial charge is 0.234 e. The molecule has 2 aromatic rings. The lowest BCUT2D eigenvalue weighted by atomic mass is 10.3. The van der Waals surface area contributed by atoms with E-state index in [2.05, 4.69) is 55.8 Å². The SMILES string of the molecule is O=C(CSCC(=O)Nc1ccccc1I)Nc1ccccc1I. The Kier molecular flexibility index (Phi) is 7.63. The minimum Gasteiger partial charge on any atom is -0.324 e. The molecule has 0 aliphatic rings. The van der Waals surface area contributed by atoms with Crippen molar-refractivity contribution in [1.82, 2.24) is 0 Å². The molecule has 0 atom stereocenters. The number of carbonyl (C=O) groups is 2. The van der Waals surface area contributed by atoms with E-state index in [1.807, 2.05) is 48.5 Å². The number of para-hydroxylation sites is 2. The van der Waals surface area contributed by atoms with Gasteiger partial charge in [0.05, 0.1) is 22.9 Å². The Balaban J connectivity index is 1.74. The number of rotatable bonds is 6. The van der Waals surface area contributed by atoms with E-state index in [1.54, 1.807) is 0 Å². The zero-order valence-electron chi connectivity index (χ0n) is 12.0. The summed E-state index contributed by atoms with van der Waals surface area (Å²) in [6, 6.07) is 15.2. The first-order valence-corrected chi connectivity index (χ1v) is 10.0. The molecular formula is C16H14I2N2O2S. The third kappa shape index (κ3) is 6.30. The number of anilines is 2. The molecule has 0 spiro atoms. The first kappa shape index (κ1) is 18.5. The number of nitrogens with one attached hydrogen (secondary N) is 2. The van der Waals surface area contributed by atoms with Crippen molar-refractivity contribution in [1.29, 1.82) is 0 Å². The number of hydrogen-bond donors (Lipinski definition) is 2. The van der Waals surface area contributed by atoms with Crippen LogP contribution in [0.25, 0.3) is 0 Å². The number of benzene rings is 2. The first-order valence-electron chi connectivity index (χ1n) is 6.73. The van der Waals surface area contributed by atoms with Gasteiger partial charge in [0.2, 0.25) is 11.8 Å². The molecule has 0 saturated heterocycles. The first-order chi connectivity index (χ1) is 11.1. The van der Waals surface area contributed by atoms with Crippen molar-refractivity contribution in [3.63, 3.8) is 0 Å².